The molecule has 1 aromatic carbocycles. The average Bonchev–Trinajstić information content (AvgIpc) is 2.25. The summed E-state index contributed by atoms with van der Waals surface area (Å²) in [6, 6.07) is 3.62. The van der Waals surface area contributed by atoms with Gasteiger partial charge in [0.25, 0.3) is 0 Å². The summed E-state index contributed by atoms with van der Waals surface area (Å²) in [5, 5.41) is 2.28. The smallest absolute Gasteiger partial charge is 0.226 e. The minimum absolute atomic E-state index is 0.115. The van der Waals surface area contributed by atoms with Gasteiger partial charge >= 0.3 is 0 Å². The van der Waals surface area contributed by atoms with Gasteiger partial charge in [-0.05, 0) is 19.1 Å². The molecule has 0 bridgehead atoms. The number of hydrogen-bond acceptors (Lipinski definition) is 2. The zero-order chi connectivity index (χ0) is 12.0. The Morgan fingerprint density at radius 2 is 2.19 bits per heavy atom. The van der Waals surface area contributed by atoms with E-state index in [0.717, 1.165) is 6.07 Å². The number of anilines is 1. The molecule has 0 unspecified atom stereocenters. The van der Waals surface area contributed by atoms with Crippen LogP contribution < -0.4 is 5.32 Å². The second-order valence-corrected chi connectivity index (χ2v) is 3.10. The molecule has 0 aliphatic heterocycles. The third kappa shape index (κ3) is 3.58. The minimum atomic E-state index is -1.05. The van der Waals surface area contributed by atoms with Crippen LogP contribution in [-0.2, 0) is 9.53 Å². The van der Waals surface area contributed by atoms with Crippen molar-refractivity contribution in [2.24, 2.45) is 0 Å². The maximum atomic E-state index is 13.1. The first kappa shape index (κ1) is 12.6. The number of rotatable bonds is 5. The lowest BCUT2D eigenvalue weighted by Crippen LogP contribution is -2.15. The van der Waals surface area contributed by atoms with Crippen molar-refractivity contribution in [3.63, 3.8) is 0 Å². The Morgan fingerprint density at radius 3 is 2.88 bits per heavy atom. The van der Waals surface area contributed by atoms with Crippen molar-refractivity contribution >= 4 is 11.6 Å². The number of nitrogens with one attached hydrogen (secondary N) is 1. The fourth-order valence-corrected chi connectivity index (χ4v) is 1.12. The molecule has 0 radical (unpaired) electrons. The van der Waals surface area contributed by atoms with Crippen molar-refractivity contribution in [2.45, 2.75) is 13.3 Å². The second kappa shape index (κ2) is 6.17. The molecule has 3 nitrogen and oxygen atoms in total. The van der Waals surface area contributed by atoms with E-state index in [1.165, 1.54) is 12.1 Å². The van der Waals surface area contributed by atoms with Crippen LogP contribution in [0.5, 0.6) is 0 Å². The molecule has 1 aromatic rings. The van der Waals surface area contributed by atoms with Crippen molar-refractivity contribution in [3.8, 4) is 0 Å². The number of ether oxygens (including phenoxy) is 1. The van der Waals surface area contributed by atoms with Gasteiger partial charge in [0.15, 0.2) is 11.6 Å². The maximum absolute atomic E-state index is 13.1. The molecule has 0 aromatic heterocycles. The first-order valence-electron chi connectivity index (χ1n) is 4.96. The van der Waals surface area contributed by atoms with Gasteiger partial charge in [-0.1, -0.05) is 6.07 Å². The highest BCUT2D eigenvalue weighted by Crippen LogP contribution is 2.16. The Bertz CT molecular complexity index is 369. The van der Waals surface area contributed by atoms with Crippen LogP contribution in [0.25, 0.3) is 0 Å². The number of hydrogen-bond donors (Lipinski definition) is 1. The summed E-state index contributed by atoms with van der Waals surface area (Å²) < 4.78 is 30.9. The number of carbonyl (C=O) groups is 1. The van der Waals surface area contributed by atoms with Gasteiger partial charge in [0.2, 0.25) is 5.91 Å². The molecule has 0 aliphatic rings. The van der Waals surface area contributed by atoms with Gasteiger partial charge in [0, 0.05) is 6.61 Å². The maximum Gasteiger partial charge on any atom is 0.226 e. The van der Waals surface area contributed by atoms with E-state index < -0.39 is 17.5 Å². The topological polar surface area (TPSA) is 38.3 Å². The third-order valence-electron chi connectivity index (χ3n) is 1.90. The van der Waals surface area contributed by atoms with Gasteiger partial charge in [-0.2, -0.15) is 0 Å². The van der Waals surface area contributed by atoms with Crippen LogP contribution >= 0.6 is 0 Å². The Kier molecular flexibility index (Phi) is 4.85. The van der Waals surface area contributed by atoms with Crippen molar-refractivity contribution < 1.29 is 18.3 Å². The summed E-state index contributed by atoms with van der Waals surface area (Å²) in [7, 11) is 0. The van der Waals surface area contributed by atoms with E-state index in [1.807, 2.05) is 6.92 Å². The predicted molar refractivity (Wildman–Crippen MR) is 56.1 cm³/mol. The van der Waals surface area contributed by atoms with Crippen LogP contribution in [0, 0.1) is 11.6 Å². The highest BCUT2D eigenvalue weighted by molar-refractivity contribution is 5.90. The molecule has 1 N–H and O–H groups in total. The van der Waals surface area contributed by atoms with Crippen molar-refractivity contribution in [1.29, 1.82) is 0 Å². The third-order valence-corrected chi connectivity index (χ3v) is 1.90. The standard InChI is InChI=1S/C11H13F2NO2/c1-2-16-7-6-10(15)14-9-5-3-4-8(12)11(9)13/h3-5H,2,6-7H2,1H3,(H,14,15). The SMILES string of the molecule is CCOCCC(=O)Nc1cccc(F)c1F. The molecule has 0 aliphatic carbocycles. The van der Waals surface area contributed by atoms with Gasteiger partial charge in [0.05, 0.1) is 18.7 Å². The van der Waals surface area contributed by atoms with Crippen LogP contribution in [0.15, 0.2) is 18.2 Å². The summed E-state index contributed by atoms with van der Waals surface area (Å²) in [5.74, 6) is -2.44. The molecule has 0 atom stereocenters. The molecule has 0 heterocycles. The lowest BCUT2D eigenvalue weighted by atomic mass is 10.3. The van der Waals surface area contributed by atoms with E-state index in [4.69, 9.17) is 4.74 Å². The van der Waals surface area contributed by atoms with Gasteiger partial charge in [-0.3, -0.25) is 4.79 Å². The summed E-state index contributed by atoms with van der Waals surface area (Å²) in [4.78, 5) is 11.3. The monoisotopic (exact) mass is 229 g/mol. The molecule has 16 heavy (non-hydrogen) atoms. The molecule has 0 saturated heterocycles. The van der Waals surface area contributed by atoms with Crippen molar-refractivity contribution in [2.75, 3.05) is 18.5 Å². The van der Waals surface area contributed by atoms with Gasteiger partial charge in [-0.15, -0.1) is 0 Å². The predicted octanol–water partition coefficient (Wildman–Crippen LogP) is 2.33. The molecule has 0 saturated carbocycles. The number of amides is 1. The first-order valence-corrected chi connectivity index (χ1v) is 4.96. The Hall–Kier alpha value is -1.49. The summed E-state index contributed by atoms with van der Waals surface area (Å²) in [6.45, 7) is 2.59. The van der Waals surface area contributed by atoms with E-state index >= 15 is 0 Å². The van der Waals surface area contributed by atoms with Crippen molar-refractivity contribution in [3.05, 3.63) is 29.8 Å². The van der Waals surface area contributed by atoms with E-state index in [2.05, 4.69) is 5.32 Å². The lowest BCUT2D eigenvalue weighted by molar-refractivity contribution is -0.117. The Morgan fingerprint density at radius 1 is 1.44 bits per heavy atom. The molecular formula is C11H13F2NO2. The van der Waals surface area contributed by atoms with Gasteiger partial charge < -0.3 is 10.1 Å². The van der Waals surface area contributed by atoms with E-state index in [0.29, 0.717) is 6.61 Å². The summed E-state index contributed by atoms with van der Waals surface area (Å²) in [5.41, 5.74) is -0.151. The molecular weight excluding hydrogens is 216 g/mol. The number of carbonyl (C=O) groups excluding carboxylic acids is 1. The van der Waals surface area contributed by atoms with Gasteiger partial charge in [0.1, 0.15) is 0 Å². The fraction of sp³-hybridized carbons (Fsp3) is 0.364. The summed E-state index contributed by atoms with van der Waals surface area (Å²) >= 11 is 0. The molecule has 5 heteroatoms. The molecule has 1 rings (SSSR count). The Balaban J connectivity index is 2.53. The van der Waals surface area contributed by atoms with Crippen LogP contribution in [0.4, 0.5) is 14.5 Å². The van der Waals surface area contributed by atoms with Crippen LogP contribution in [0.1, 0.15) is 13.3 Å². The van der Waals surface area contributed by atoms with E-state index in [9.17, 15) is 13.6 Å². The molecule has 0 fully saturated rings. The lowest BCUT2D eigenvalue weighted by Gasteiger charge is -2.06. The quantitative estimate of drug-likeness (QED) is 0.787. The zero-order valence-electron chi connectivity index (χ0n) is 8.93. The van der Waals surface area contributed by atoms with E-state index in [-0.39, 0.29) is 18.7 Å². The normalized spacial score (nSPS) is 10.2. The van der Waals surface area contributed by atoms with Crippen LogP contribution in [0.2, 0.25) is 0 Å². The Labute approximate surface area is 92.4 Å². The van der Waals surface area contributed by atoms with Crippen LogP contribution in [0.3, 0.4) is 0 Å². The minimum Gasteiger partial charge on any atom is -0.381 e. The first-order chi connectivity index (χ1) is 7.65. The highest BCUT2D eigenvalue weighted by atomic mass is 19.2. The molecule has 88 valence electrons. The van der Waals surface area contributed by atoms with E-state index in [1.54, 1.807) is 0 Å². The zero-order valence-corrected chi connectivity index (χ0v) is 8.93. The fourth-order valence-electron chi connectivity index (χ4n) is 1.12. The molecule has 0 spiro atoms. The second-order valence-electron chi connectivity index (χ2n) is 3.10. The van der Waals surface area contributed by atoms with Crippen LogP contribution in [-0.4, -0.2) is 19.1 Å². The van der Waals surface area contributed by atoms with Gasteiger partial charge in [-0.25, -0.2) is 8.78 Å². The van der Waals surface area contributed by atoms with Crippen molar-refractivity contribution in [1.82, 2.24) is 0 Å². The molecule has 1 amide bonds. The summed E-state index contributed by atoms with van der Waals surface area (Å²) in [6.07, 6.45) is 0.115. The number of benzene rings is 1. The largest absolute Gasteiger partial charge is 0.381 e. The number of halogens is 2. The average molecular weight is 229 g/mol. The highest BCUT2D eigenvalue weighted by Gasteiger charge is 2.10.